The van der Waals surface area contributed by atoms with Crippen molar-refractivity contribution in [1.29, 1.82) is 0 Å². The Morgan fingerprint density at radius 2 is 2.21 bits per heavy atom. The molecule has 1 saturated carbocycles. The van der Waals surface area contributed by atoms with Gasteiger partial charge in [0.15, 0.2) is 0 Å². The molecule has 3 atom stereocenters. The summed E-state index contributed by atoms with van der Waals surface area (Å²) >= 11 is 0. The van der Waals surface area contributed by atoms with Gasteiger partial charge in [0.1, 0.15) is 6.10 Å². The second kappa shape index (κ2) is 6.79. The number of esters is 1. The van der Waals surface area contributed by atoms with Crippen LogP contribution in [0.3, 0.4) is 0 Å². The first-order valence-corrected chi connectivity index (χ1v) is 8.66. The lowest BCUT2D eigenvalue weighted by atomic mass is 9.99. The van der Waals surface area contributed by atoms with E-state index < -0.39 is 0 Å². The lowest BCUT2D eigenvalue weighted by molar-refractivity contribution is -0.155. The number of carbonyl (C=O) groups excluding carboxylic acids is 1. The van der Waals surface area contributed by atoms with Crippen LogP contribution >= 0.6 is 0 Å². The summed E-state index contributed by atoms with van der Waals surface area (Å²) in [6, 6.07) is 2.08. The van der Waals surface area contributed by atoms with Crippen LogP contribution in [0.15, 0.2) is 18.5 Å². The van der Waals surface area contributed by atoms with Crippen molar-refractivity contribution in [3.63, 3.8) is 0 Å². The third kappa shape index (κ3) is 3.23. The Kier molecular flexibility index (Phi) is 4.73. The molecule has 6 nitrogen and oxygen atoms in total. The highest BCUT2D eigenvalue weighted by Gasteiger charge is 2.33. The molecule has 3 rings (SSSR count). The van der Waals surface area contributed by atoms with Crippen molar-refractivity contribution < 1.29 is 9.53 Å². The van der Waals surface area contributed by atoms with Crippen molar-refractivity contribution in [3.05, 3.63) is 35.4 Å². The largest absolute Gasteiger partial charge is 0.460 e. The van der Waals surface area contributed by atoms with Gasteiger partial charge >= 0.3 is 5.97 Å². The Hall–Kier alpha value is -2.11. The van der Waals surface area contributed by atoms with Gasteiger partial charge in [-0.15, -0.1) is 0 Å². The fraction of sp³-hybridized carbons (Fsp3) is 0.611. The first-order valence-electron chi connectivity index (χ1n) is 8.66. The first-order chi connectivity index (χ1) is 11.5. The number of nitrogens with zero attached hydrogens (tertiary/aromatic N) is 4. The Labute approximate surface area is 142 Å². The molecule has 130 valence electrons. The van der Waals surface area contributed by atoms with Gasteiger partial charge in [-0.2, -0.15) is 10.2 Å². The highest BCUT2D eigenvalue weighted by atomic mass is 16.5. The zero-order valence-corrected chi connectivity index (χ0v) is 14.9. The van der Waals surface area contributed by atoms with Crippen LogP contribution in [-0.2, 0) is 23.0 Å². The summed E-state index contributed by atoms with van der Waals surface area (Å²) in [5, 5.41) is 8.73. The molecule has 1 aliphatic rings. The highest BCUT2D eigenvalue weighted by molar-refractivity contribution is 5.72. The maximum atomic E-state index is 12.6. The van der Waals surface area contributed by atoms with E-state index in [1.54, 1.807) is 6.20 Å². The van der Waals surface area contributed by atoms with Crippen molar-refractivity contribution in [2.75, 3.05) is 0 Å². The van der Waals surface area contributed by atoms with Crippen LogP contribution in [-0.4, -0.2) is 31.6 Å². The van der Waals surface area contributed by atoms with Crippen LogP contribution < -0.4 is 0 Å². The van der Waals surface area contributed by atoms with Crippen molar-refractivity contribution >= 4 is 5.97 Å². The van der Waals surface area contributed by atoms with Crippen molar-refractivity contribution in [3.8, 4) is 0 Å². The molecule has 0 radical (unpaired) electrons. The predicted molar refractivity (Wildman–Crippen MR) is 90.5 cm³/mol. The smallest absolute Gasteiger partial charge is 0.309 e. The number of aryl methyl sites for hydroxylation is 2. The van der Waals surface area contributed by atoms with Crippen LogP contribution in [0.4, 0.5) is 0 Å². The standard InChI is InChI=1S/C18H26N4O2/c1-12(11-15-13(2)20-21(4)14(15)3)18(23)24-17-8-5-7-16(17)22-10-6-9-19-22/h6,9-10,12,16-17H,5,7-8,11H2,1-4H3/t12?,16-,17-/m1/s1. The zero-order valence-electron chi connectivity index (χ0n) is 14.9. The minimum Gasteiger partial charge on any atom is -0.460 e. The molecule has 1 unspecified atom stereocenters. The molecular weight excluding hydrogens is 304 g/mol. The maximum absolute atomic E-state index is 12.6. The second-order valence-corrected chi connectivity index (χ2v) is 6.84. The van der Waals surface area contributed by atoms with Gasteiger partial charge in [0, 0.05) is 25.1 Å². The summed E-state index contributed by atoms with van der Waals surface area (Å²) in [4.78, 5) is 12.6. The van der Waals surface area contributed by atoms with E-state index in [4.69, 9.17) is 4.74 Å². The predicted octanol–water partition coefficient (Wildman–Crippen LogP) is 2.75. The van der Waals surface area contributed by atoms with E-state index >= 15 is 0 Å². The molecular formula is C18H26N4O2. The van der Waals surface area contributed by atoms with Gasteiger partial charge < -0.3 is 4.74 Å². The molecule has 0 saturated heterocycles. The van der Waals surface area contributed by atoms with E-state index in [0.717, 1.165) is 36.2 Å². The molecule has 0 spiro atoms. The molecule has 1 fully saturated rings. The average molecular weight is 330 g/mol. The topological polar surface area (TPSA) is 61.9 Å². The summed E-state index contributed by atoms with van der Waals surface area (Å²) < 4.78 is 9.63. The number of ether oxygens (including phenoxy) is 1. The van der Waals surface area contributed by atoms with E-state index in [9.17, 15) is 4.79 Å². The number of rotatable bonds is 5. The third-order valence-electron chi connectivity index (χ3n) is 5.12. The zero-order chi connectivity index (χ0) is 17.3. The van der Waals surface area contributed by atoms with Crippen LogP contribution in [0.5, 0.6) is 0 Å². The molecule has 1 aliphatic carbocycles. The van der Waals surface area contributed by atoms with E-state index in [2.05, 4.69) is 10.2 Å². The summed E-state index contributed by atoms with van der Waals surface area (Å²) in [7, 11) is 1.93. The van der Waals surface area contributed by atoms with Crippen LogP contribution in [0.1, 0.15) is 49.2 Å². The molecule has 0 aliphatic heterocycles. The lowest BCUT2D eigenvalue weighted by Crippen LogP contribution is -2.28. The molecule has 0 aromatic carbocycles. The van der Waals surface area contributed by atoms with Gasteiger partial charge in [0.05, 0.1) is 17.7 Å². The van der Waals surface area contributed by atoms with E-state index in [1.165, 1.54) is 0 Å². The van der Waals surface area contributed by atoms with E-state index in [-0.39, 0.29) is 24.0 Å². The minimum absolute atomic E-state index is 0.0732. The Morgan fingerprint density at radius 3 is 2.83 bits per heavy atom. The fourth-order valence-electron chi connectivity index (χ4n) is 3.59. The Bertz CT molecular complexity index is 705. The number of hydrogen-bond acceptors (Lipinski definition) is 4. The molecule has 2 aromatic heterocycles. The van der Waals surface area contributed by atoms with Gasteiger partial charge in [-0.05, 0) is 51.2 Å². The summed E-state index contributed by atoms with van der Waals surface area (Å²) in [5.41, 5.74) is 3.25. The molecule has 2 heterocycles. The van der Waals surface area contributed by atoms with Crippen molar-refractivity contribution in [2.24, 2.45) is 13.0 Å². The van der Waals surface area contributed by atoms with Gasteiger partial charge in [0.25, 0.3) is 0 Å². The Balaban J connectivity index is 1.64. The molecule has 6 heteroatoms. The first kappa shape index (κ1) is 16.7. The highest BCUT2D eigenvalue weighted by Crippen LogP contribution is 2.32. The minimum atomic E-state index is -0.175. The van der Waals surface area contributed by atoms with E-state index in [0.29, 0.717) is 6.42 Å². The molecule has 2 aromatic rings. The molecule has 0 amide bonds. The number of hydrogen-bond donors (Lipinski definition) is 0. The molecule has 0 N–H and O–H groups in total. The SMILES string of the molecule is Cc1nn(C)c(C)c1CC(C)C(=O)O[C@@H]1CCC[C@H]1n1cccn1. The number of aromatic nitrogens is 4. The third-order valence-corrected chi connectivity index (χ3v) is 5.12. The molecule has 24 heavy (non-hydrogen) atoms. The number of carbonyl (C=O) groups is 1. The van der Waals surface area contributed by atoms with Crippen LogP contribution in [0.2, 0.25) is 0 Å². The summed E-state index contributed by atoms with van der Waals surface area (Å²) in [6.07, 6.45) is 7.30. The van der Waals surface area contributed by atoms with Crippen molar-refractivity contribution in [1.82, 2.24) is 19.6 Å². The fourth-order valence-corrected chi connectivity index (χ4v) is 3.59. The quantitative estimate of drug-likeness (QED) is 0.791. The monoisotopic (exact) mass is 330 g/mol. The summed E-state index contributed by atoms with van der Waals surface area (Å²) in [6.45, 7) is 5.97. The Morgan fingerprint density at radius 1 is 1.42 bits per heavy atom. The van der Waals surface area contributed by atoms with Gasteiger partial charge in [0.2, 0.25) is 0 Å². The van der Waals surface area contributed by atoms with Gasteiger partial charge in [-0.3, -0.25) is 14.2 Å². The molecule has 0 bridgehead atoms. The lowest BCUT2D eigenvalue weighted by Gasteiger charge is -2.22. The second-order valence-electron chi connectivity index (χ2n) is 6.84. The van der Waals surface area contributed by atoms with Gasteiger partial charge in [-0.25, -0.2) is 0 Å². The van der Waals surface area contributed by atoms with Gasteiger partial charge in [-0.1, -0.05) is 6.92 Å². The average Bonchev–Trinajstić information content (AvgIpc) is 3.25. The normalized spacial score (nSPS) is 21.8. The maximum Gasteiger partial charge on any atom is 0.309 e. The van der Waals surface area contributed by atoms with E-state index in [1.807, 2.05) is 49.4 Å². The van der Waals surface area contributed by atoms with Crippen LogP contribution in [0, 0.1) is 19.8 Å². The summed E-state index contributed by atoms with van der Waals surface area (Å²) in [5.74, 6) is -0.299. The van der Waals surface area contributed by atoms with Crippen LogP contribution in [0.25, 0.3) is 0 Å². The van der Waals surface area contributed by atoms with Crippen molar-refractivity contribution in [2.45, 2.75) is 58.6 Å².